The number of benzene rings is 1. The van der Waals surface area contributed by atoms with Gasteiger partial charge in [0.15, 0.2) is 0 Å². The summed E-state index contributed by atoms with van der Waals surface area (Å²) in [6.45, 7) is 0. The van der Waals surface area contributed by atoms with Gasteiger partial charge < -0.3 is 4.74 Å². The lowest BCUT2D eigenvalue weighted by molar-refractivity contribution is 0.406. The Balaban J connectivity index is 2.75. The number of thioether (sulfide) groups is 1. The molecule has 0 N–H and O–H groups in total. The summed E-state index contributed by atoms with van der Waals surface area (Å²) in [5.41, 5.74) is 0. The maximum absolute atomic E-state index is 5.31. The zero-order valence-electron chi connectivity index (χ0n) is 7.90. The lowest BCUT2D eigenvalue weighted by Gasteiger charge is -2.06. The zero-order valence-corrected chi connectivity index (χ0v) is 10.4. The second-order valence-corrected chi connectivity index (χ2v) is 5.48. The third-order valence-corrected chi connectivity index (χ3v) is 4.16. The molecule has 14 heavy (non-hydrogen) atoms. The maximum atomic E-state index is 5.31. The first-order chi connectivity index (χ1) is 6.76. The van der Waals surface area contributed by atoms with Crippen molar-refractivity contribution in [3.05, 3.63) is 18.2 Å². The van der Waals surface area contributed by atoms with Crippen LogP contribution >= 0.6 is 35.7 Å². The first-order valence-electron chi connectivity index (χ1n) is 4.09. The Morgan fingerprint density at radius 2 is 2.21 bits per heavy atom. The second-order valence-electron chi connectivity index (χ2n) is 2.80. The molecule has 0 saturated carbocycles. The first-order valence-corrected chi connectivity index (χ1v) is 6.58. The maximum Gasteiger partial charge on any atom is 0.133 e. The molecule has 2 rings (SSSR count). The smallest absolute Gasteiger partial charge is 0.133 e. The third kappa shape index (κ3) is 1.62. The van der Waals surface area contributed by atoms with Crippen molar-refractivity contribution in [2.75, 3.05) is 13.4 Å². The summed E-state index contributed by atoms with van der Waals surface area (Å²) in [6.07, 6.45) is 2.06. The lowest BCUT2D eigenvalue weighted by Crippen LogP contribution is -1.85. The van der Waals surface area contributed by atoms with Crippen molar-refractivity contribution >= 4 is 45.8 Å². The molecule has 74 valence electrons. The first kappa shape index (κ1) is 10.2. The molecule has 0 fully saturated rings. The molecule has 0 bridgehead atoms. The van der Waals surface area contributed by atoms with E-state index < -0.39 is 0 Å². The van der Waals surface area contributed by atoms with Crippen molar-refractivity contribution in [1.82, 2.24) is 0 Å². The number of rotatable bonds is 2. The number of methoxy groups -OCH3 is 1. The van der Waals surface area contributed by atoms with E-state index in [1.165, 1.54) is 15.0 Å². The van der Waals surface area contributed by atoms with Gasteiger partial charge in [0.2, 0.25) is 0 Å². The number of thiophene rings is 1. The van der Waals surface area contributed by atoms with Crippen LogP contribution in [0.5, 0.6) is 5.75 Å². The van der Waals surface area contributed by atoms with E-state index in [2.05, 4.69) is 31.0 Å². The Hall–Kier alpha value is -0.320. The van der Waals surface area contributed by atoms with Gasteiger partial charge in [-0.25, -0.2) is 0 Å². The standard InChI is InChI=1S/C10H10OS3/c1-11-7-3-4-8-6(10(7)13-2)5-9(12)14-8/h3-5,12H,1-2H3. The molecule has 0 unspecified atom stereocenters. The SMILES string of the molecule is COc1ccc2sc(S)cc2c1SC. The Kier molecular flexibility index (Phi) is 2.95. The highest BCUT2D eigenvalue weighted by molar-refractivity contribution is 7.99. The molecule has 0 radical (unpaired) electrons. The topological polar surface area (TPSA) is 9.23 Å². The fourth-order valence-electron chi connectivity index (χ4n) is 1.42. The van der Waals surface area contributed by atoms with Gasteiger partial charge in [0.25, 0.3) is 0 Å². The predicted octanol–water partition coefficient (Wildman–Crippen LogP) is 3.92. The van der Waals surface area contributed by atoms with Crippen molar-refractivity contribution in [3.8, 4) is 5.75 Å². The van der Waals surface area contributed by atoms with Crippen molar-refractivity contribution in [2.45, 2.75) is 9.10 Å². The third-order valence-electron chi connectivity index (χ3n) is 2.03. The molecule has 0 aliphatic carbocycles. The van der Waals surface area contributed by atoms with Crippen LogP contribution in [0.3, 0.4) is 0 Å². The highest BCUT2D eigenvalue weighted by Crippen LogP contribution is 2.39. The summed E-state index contributed by atoms with van der Waals surface area (Å²) in [7, 11) is 1.70. The van der Waals surface area contributed by atoms with E-state index >= 15 is 0 Å². The molecular formula is C10H10OS3. The minimum absolute atomic E-state index is 0.941. The largest absolute Gasteiger partial charge is 0.496 e. The average molecular weight is 242 g/mol. The van der Waals surface area contributed by atoms with Crippen LogP contribution in [0.15, 0.2) is 27.3 Å². The normalized spacial score (nSPS) is 10.8. The van der Waals surface area contributed by atoms with Crippen LogP contribution in [0, 0.1) is 0 Å². The molecule has 0 amide bonds. The number of ether oxygens (including phenoxy) is 1. The molecular weight excluding hydrogens is 232 g/mol. The molecule has 1 nitrogen and oxygen atoms in total. The fourth-order valence-corrected chi connectivity index (χ4v) is 3.46. The highest BCUT2D eigenvalue weighted by Gasteiger charge is 2.09. The molecule has 1 aromatic heterocycles. The number of hydrogen-bond donors (Lipinski definition) is 1. The minimum Gasteiger partial charge on any atom is -0.496 e. The van der Waals surface area contributed by atoms with E-state index in [0.29, 0.717) is 0 Å². The fraction of sp³-hybridized carbons (Fsp3) is 0.200. The van der Waals surface area contributed by atoms with Crippen LogP contribution in [-0.4, -0.2) is 13.4 Å². The zero-order chi connectivity index (χ0) is 10.1. The molecule has 0 atom stereocenters. The molecule has 0 aliphatic heterocycles. The van der Waals surface area contributed by atoms with Crippen molar-refractivity contribution in [3.63, 3.8) is 0 Å². The molecule has 0 spiro atoms. The summed E-state index contributed by atoms with van der Waals surface area (Å²) >= 11 is 7.77. The number of thiol groups is 1. The Labute approximate surface area is 96.9 Å². The number of fused-ring (bicyclic) bond motifs is 1. The van der Waals surface area contributed by atoms with E-state index in [1.54, 1.807) is 30.2 Å². The summed E-state index contributed by atoms with van der Waals surface area (Å²) < 4.78 is 7.62. The van der Waals surface area contributed by atoms with Crippen molar-refractivity contribution in [1.29, 1.82) is 0 Å². The van der Waals surface area contributed by atoms with Crippen LogP contribution in [0.25, 0.3) is 10.1 Å². The van der Waals surface area contributed by atoms with Gasteiger partial charge in [0, 0.05) is 10.1 Å². The van der Waals surface area contributed by atoms with E-state index in [1.807, 2.05) is 6.07 Å². The summed E-state index contributed by atoms with van der Waals surface area (Å²) in [6, 6.07) is 6.19. The number of hydrogen-bond acceptors (Lipinski definition) is 4. The van der Waals surface area contributed by atoms with Gasteiger partial charge in [0.1, 0.15) is 5.75 Å². The summed E-state index contributed by atoms with van der Waals surface area (Å²) in [5, 5.41) is 1.24. The molecule has 0 saturated heterocycles. The summed E-state index contributed by atoms with van der Waals surface area (Å²) in [4.78, 5) is 1.20. The Morgan fingerprint density at radius 3 is 2.86 bits per heavy atom. The van der Waals surface area contributed by atoms with Crippen molar-refractivity contribution in [2.24, 2.45) is 0 Å². The summed E-state index contributed by atoms with van der Waals surface area (Å²) in [5.74, 6) is 0.941. The molecule has 1 aromatic carbocycles. The van der Waals surface area contributed by atoms with Crippen LogP contribution in [0.2, 0.25) is 0 Å². The van der Waals surface area contributed by atoms with Gasteiger partial charge in [-0.2, -0.15) is 0 Å². The quantitative estimate of drug-likeness (QED) is 0.631. The van der Waals surface area contributed by atoms with Crippen LogP contribution < -0.4 is 4.74 Å². The van der Waals surface area contributed by atoms with Crippen molar-refractivity contribution < 1.29 is 4.74 Å². The Bertz CT molecular complexity index is 462. The van der Waals surface area contributed by atoms with Crippen LogP contribution in [-0.2, 0) is 0 Å². The predicted molar refractivity (Wildman–Crippen MR) is 67.4 cm³/mol. The van der Waals surface area contributed by atoms with Gasteiger partial charge in [-0.1, -0.05) is 0 Å². The van der Waals surface area contributed by atoms with Gasteiger partial charge in [-0.15, -0.1) is 35.7 Å². The second kappa shape index (κ2) is 4.04. The molecule has 4 heteroatoms. The molecule has 1 heterocycles. The van der Waals surface area contributed by atoms with E-state index in [4.69, 9.17) is 4.74 Å². The Morgan fingerprint density at radius 1 is 1.43 bits per heavy atom. The molecule has 0 aliphatic rings. The van der Waals surface area contributed by atoms with Gasteiger partial charge in [-0.05, 0) is 24.5 Å². The van der Waals surface area contributed by atoms with Gasteiger partial charge in [0.05, 0.1) is 16.2 Å². The minimum atomic E-state index is 0.941. The van der Waals surface area contributed by atoms with Crippen LogP contribution in [0.1, 0.15) is 0 Å². The lowest BCUT2D eigenvalue weighted by atomic mass is 10.2. The van der Waals surface area contributed by atoms with E-state index in [9.17, 15) is 0 Å². The van der Waals surface area contributed by atoms with Gasteiger partial charge >= 0.3 is 0 Å². The van der Waals surface area contributed by atoms with E-state index in [0.717, 1.165) is 9.96 Å². The van der Waals surface area contributed by atoms with Gasteiger partial charge in [-0.3, -0.25) is 0 Å². The van der Waals surface area contributed by atoms with E-state index in [-0.39, 0.29) is 0 Å². The monoisotopic (exact) mass is 242 g/mol. The highest BCUT2D eigenvalue weighted by atomic mass is 32.2. The average Bonchev–Trinajstić information content (AvgIpc) is 2.56. The molecule has 2 aromatic rings. The van der Waals surface area contributed by atoms with Crippen LogP contribution in [0.4, 0.5) is 0 Å².